The largest absolute Gasteiger partial charge is 0.397 e. The Labute approximate surface area is 516 Å². The Morgan fingerprint density at radius 3 is 0.771 bits per heavy atom. The highest BCUT2D eigenvalue weighted by atomic mass is 15.2. The van der Waals surface area contributed by atoms with Gasteiger partial charge in [0.1, 0.15) is 0 Å². The zero-order valence-electron chi connectivity index (χ0n) is 65.2. The molecule has 0 saturated carbocycles. The third kappa shape index (κ3) is 11.1. The first-order valence-electron chi connectivity index (χ1n) is 36.9. The van der Waals surface area contributed by atoms with Gasteiger partial charge < -0.3 is 25.3 Å². The molecule has 2 N–H and O–H groups in total. The van der Waals surface area contributed by atoms with Crippen LogP contribution in [0.25, 0.3) is 44.5 Å². The topological polar surface area (TPSA) is 39.0 Å². The molecule has 13 aromatic carbocycles. The summed E-state index contributed by atoms with van der Waals surface area (Å²) in [5.74, 6) is 0. The summed E-state index contributed by atoms with van der Waals surface area (Å²) in [6.07, 6.45) is 0. The second-order valence-corrected chi connectivity index (χ2v) is 18.8. The lowest BCUT2D eigenvalue weighted by Crippen LogP contribution is -2.11. The highest BCUT2D eigenvalue weighted by Gasteiger charge is 2.19. The SMILES string of the molecule is [2H]c1c([2H])c([2H])c(N(c2ccc(-c3ccc(N(c4ccccc4)c4ccccc4)cc3)cc2)c2c([2H])c([2H])c(-c3c([2H])c([2H])c(-c4c([2H])c([2H])c(N(c5ccc(-c6ccc(N(c7ccccc7)c7ccccc7)cc6)cc5)c5c([2H])c([2H])c([2H])c([2H])c5N)c([2H])c4[2H])c([2H])c3[2H])c([2H])c2[2H])c([2H])c1[2H]. The van der Waals surface area contributed by atoms with Crippen LogP contribution in [-0.2, 0) is 0 Å². The second-order valence-electron chi connectivity index (χ2n) is 18.8. The molecule has 0 unspecified atom stereocenters. The zero-order chi connectivity index (χ0) is 74.0. The number of anilines is 13. The van der Waals surface area contributed by atoms with Crippen molar-refractivity contribution in [1.82, 2.24) is 0 Å². The number of hydrogen-bond donors (Lipinski definition) is 1. The van der Waals surface area contributed by atoms with E-state index in [0.717, 1.165) is 55.1 Å². The number of rotatable bonds is 16. The summed E-state index contributed by atoms with van der Waals surface area (Å²) < 4.78 is 194. The van der Waals surface area contributed by atoms with Gasteiger partial charge in [0.05, 0.1) is 40.2 Å². The molecule has 0 spiro atoms. The van der Waals surface area contributed by atoms with Gasteiger partial charge in [-0.3, -0.25) is 0 Å². The van der Waals surface area contributed by atoms with E-state index in [1.807, 2.05) is 170 Å². The molecule has 0 atom stereocenters. The van der Waals surface area contributed by atoms with E-state index < -0.39 is 178 Å². The van der Waals surface area contributed by atoms with E-state index >= 15 is 0 Å². The molecule has 396 valence electrons. The van der Waals surface area contributed by atoms with Crippen molar-refractivity contribution >= 4 is 73.9 Å². The van der Waals surface area contributed by atoms with Gasteiger partial charge in [-0.15, -0.1) is 0 Å². The van der Waals surface area contributed by atoms with E-state index in [2.05, 4.69) is 9.80 Å². The van der Waals surface area contributed by atoms with Crippen LogP contribution in [0.4, 0.5) is 73.9 Å². The molecule has 0 aliphatic heterocycles. The molecule has 5 nitrogen and oxygen atoms in total. The van der Waals surface area contributed by atoms with Gasteiger partial charge in [-0.1, -0.05) is 200 Å². The minimum absolute atomic E-state index is 0.0297. The molecule has 13 rings (SSSR count). The van der Waals surface area contributed by atoms with Crippen LogP contribution in [0, 0.1) is 0 Å². The van der Waals surface area contributed by atoms with Crippen molar-refractivity contribution in [2.45, 2.75) is 0 Å². The number of nitrogens with zero attached hydrogens (tertiary/aromatic N) is 4. The van der Waals surface area contributed by atoms with Gasteiger partial charge >= 0.3 is 0 Å². The van der Waals surface area contributed by atoms with Crippen LogP contribution in [0.5, 0.6) is 0 Å². The van der Waals surface area contributed by atoms with Gasteiger partial charge in [-0.25, -0.2) is 0 Å². The smallest absolute Gasteiger partial charge is 0.0691 e. The maximum absolute atomic E-state index is 9.65. The average Bonchev–Trinajstić information content (AvgIpc) is 0.724. The van der Waals surface area contributed by atoms with Crippen molar-refractivity contribution < 1.29 is 28.8 Å². The van der Waals surface area contributed by atoms with Crippen molar-refractivity contribution in [1.29, 1.82) is 0 Å². The first kappa shape index (κ1) is 32.8. The molecule has 0 aliphatic rings. The monoisotopic (exact) mass is 1090 g/mol. The fourth-order valence-corrected chi connectivity index (χ4v) is 9.65. The fourth-order valence-electron chi connectivity index (χ4n) is 9.65. The highest BCUT2D eigenvalue weighted by molar-refractivity contribution is 5.87. The second kappa shape index (κ2) is 23.7. The Balaban J connectivity index is 0.887. The standard InChI is InChI=1S/C78H59N5/c79-77-28-16-17-29-78(77)83(76-56-44-65(45-57-76)64-38-48-72(49-39-64)81(68-22-10-3-11-23-68)69-24-12-4-13-25-69)75-54-42-61(43-55-75)59-32-30-58(31-33-59)60-34-50-73(51-35-60)82(70-26-14-5-15-27-70)74-52-40-63(41-53-74)62-36-46-71(47-37-62)80(66-18-6-1-7-19-66)67-20-8-2-9-21-67/h1-57H,79H2/i5D,14D,15D,16D,17D,26D,27D,28D,29D,30D,31D,32D,33D,34D,35D,42D,43D,50D,51D,54D,55D. The average molecular weight is 1090 g/mol. The summed E-state index contributed by atoms with van der Waals surface area (Å²) in [5, 5.41) is 0. The van der Waals surface area contributed by atoms with Gasteiger partial charge in [-0.2, -0.15) is 0 Å². The van der Waals surface area contributed by atoms with Crippen molar-refractivity contribution in [3.05, 3.63) is 345 Å². The molecule has 0 bridgehead atoms. The van der Waals surface area contributed by atoms with Gasteiger partial charge in [0.15, 0.2) is 0 Å². The molecule has 0 fully saturated rings. The predicted octanol–water partition coefficient (Wildman–Crippen LogP) is 21.8. The normalized spacial score (nSPS) is 14.5. The van der Waals surface area contributed by atoms with E-state index in [1.165, 1.54) is 12.1 Å². The molecule has 83 heavy (non-hydrogen) atoms. The van der Waals surface area contributed by atoms with E-state index in [4.69, 9.17) is 18.1 Å². The molecule has 0 heterocycles. The third-order valence-corrected chi connectivity index (χ3v) is 13.7. The van der Waals surface area contributed by atoms with Crippen LogP contribution in [0.2, 0.25) is 0 Å². The molecular weight excluding hydrogens is 1010 g/mol. The summed E-state index contributed by atoms with van der Waals surface area (Å²) >= 11 is 0. The number of benzene rings is 13. The third-order valence-electron chi connectivity index (χ3n) is 13.7. The summed E-state index contributed by atoms with van der Waals surface area (Å²) in [4.78, 5) is 6.25. The van der Waals surface area contributed by atoms with Crippen molar-refractivity contribution in [2.24, 2.45) is 0 Å². The van der Waals surface area contributed by atoms with Crippen molar-refractivity contribution in [3.63, 3.8) is 0 Å². The highest BCUT2D eigenvalue weighted by Crippen LogP contribution is 2.42. The lowest BCUT2D eigenvalue weighted by atomic mass is 9.99. The van der Waals surface area contributed by atoms with Crippen molar-refractivity contribution in [2.75, 3.05) is 25.3 Å². The number of hydrogen-bond acceptors (Lipinski definition) is 5. The quantitative estimate of drug-likeness (QED) is 0.0977. The van der Waals surface area contributed by atoms with Crippen molar-refractivity contribution in [3.8, 4) is 44.5 Å². The number of para-hydroxylation sites is 7. The molecular formula is C78H59N5. The van der Waals surface area contributed by atoms with Crippen LogP contribution in [-0.4, -0.2) is 0 Å². The first-order valence-corrected chi connectivity index (χ1v) is 26.4. The maximum Gasteiger partial charge on any atom is 0.0691 e. The van der Waals surface area contributed by atoms with E-state index in [9.17, 15) is 16.4 Å². The Kier molecular flexibility index (Phi) is 9.36. The van der Waals surface area contributed by atoms with Gasteiger partial charge in [-0.05, 0) is 190 Å². The Hall–Kier alpha value is -11.1. The number of nitrogen functional groups attached to an aromatic ring is 1. The van der Waals surface area contributed by atoms with Crippen LogP contribution in [0.3, 0.4) is 0 Å². The van der Waals surface area contributed by atoms with Gasteiger partial charge in [0.25, 0.3) is 0 Å². The van der Waals surface area contributed by atoms with Crippen LogP contribution in [0.15, 0.2) is 345 Å². The minimum atomic E-state index is -0.983. The summed E-state index contributed by atoms with van der Waals surface area (Å²) in [5.41, 5.74) is 9.18. The van der Waals surface area contributed by atoms with Gasteiger partial charge in [0.2, 0.25) is 0 Å². The van der Waals surface area contributed by atoms with E-state index in [1.54, 1.807) is 36.4 Å². The lowest BCUT2D eigenvalue weighted by Gasteiger charge is -2.27. The van der Waals surface area contributed by atoms with E-state index in [-0.39, 0.29) is 11.4 Å². The van der Waals surface area contributed by atoms with Gasteiger partial charge in [0, 0.05) is 62.6 Å². The molecule has 13 aromatic rings. The molecule has 0 saturated heterocycles. The molecule has 0 radical (unpaired) electrons. The molecule has 0 aliphatic carbocycles. The van der Waals surface area contributed by atoms with E-state index in [0.29, 0.717) is 11.1 Å². The molecule has 0 aromatic heterocycles. The fraction of sp³-hybridized carbons (Fsp3) is 0. The van der Waals surface area contributed by atoms with Crippen LogP contribution < -0.4 is 25.3 Å². The van der Waals surface area contributed by atoms with Crippen LogP contribution in [0.1, 0.15) is 28.8 Å². The Bertz CT molecular complexity index is 4940. The summed E-state index contributed by atoms with van der Waals surface area (Å²) in [6.45, 7) is 0. The number of nitrogens with two attached hydrogens (primary N) is 1. The summed E-state index contributed by atoms with van der Waals surface area (Å²) in [7, 11) is 0. The van der Waals surface area contributed by atoms with Crippen LogP contribution >= 0.6 is 0 Å². The lowest BCUT2D eigenvalue weighted by molar-refractivity contribution is 1.28. The molecule has 5 heteroatoms. The zero-order valence-corrected chi connectivity index (χ0v) is 44.2. The first-order chi connectivity index (χ1) is 49.8. The Morgan fingerprint density at radius 1 is 0.193 bits per heavy atom. The summed E-state index contributed by atoms with van der Waals surface area (Å²) in [6, 6.07) is 49.7. The predicted molar refractivity (Wildman–Crippen MR) is 351 cm³/mol. The maximum atomic E-state index is 9.65. The minimum Gasteiger partial charge on any atom is -0.397 e. The molecule has 0 amide bonds. The Morgan fingerprint density at radius 2 is 0.434 bits per heavy atom.